The molecule has 1 atom stereocenters. The van der Waals surface area contributed by atoms with Crippen molar-refractivity contribution in [1.82, 2.24) is 5.32 Å². The van der Waals surface area contributed by atoms with E-state index in [1.54, 1.807) is 0 Å². The fourth-order valence-electron chi connectivity index (χ4n) is 1.77. The zero-order valence-corrected chi connectivity index (χ0v) is 9.14. The van der Waals surface area contributed by atoms with E-state index < -0.39 is 0 Å². The lowest BCUT2D eigenvalue weighted by atomic mass is 10.00. The van der Waals surface area contributed by atoms with Crippen molar-refractivity contribution in [3.63, 3.8) is 0 Å². The standard InChI is InChI=1S/C10H21NO2/c1-5-12-8-10(4)7-11-6-9(2,3)13-10/h11H,5-8H2,1-4H3. The molecule has 0 aliphatic carbocycles. The molecule has 1 N–H and O–H groups in total. The fraction of sp³-hybridized carbons (Fsp3) is 1.00. The van der Waals surface area contributed by atoms with Crippen LogP contribution in [-0.4, -0.2) is 37.5 Å². The van der Waals surface area contributed by atoms with Crippen LogP contribution in [0.3, 0.4) is 0 Å². The molecule has 3 nitrogen and oxygen atoms in total. The van der Waals surface area contributed by atoms with E-state index in [4.69, 9.17) is 9.47 Å². The Morgan fingerprint density at radius 3 is 2.54 bits per heavy atom. The van der Waals surface area contributed by atoms with Gasteiger partial charge in [0.05, 0.1) is 12.2 Å². The Balaban J connectivity index is 2.47. The predicted molar refractivity (Wildman–Crippen MR) is 52.9 cm³/mol. The van der Waals surface area contributed by atoms with Gasteiger partial charge in [-0.2, -0.15) is 0 Å². The predicted octanol–water partition coefficient (Wildman–Crippen LogP) is 1.18. The number of rotatable bonds is 3. The molecule has 1 heterocycles. The Morgan fingerprint density at radius 2 is 2.00 bits per heavy atom. The SMILES string of the molecule is CCOCC1(C)CNCC(C)(C)O1. The van der Waals surface area contributed by atoms with Crippen LogP contribution in [0.5, 0.6) is 0 Å². The van der Waals surface area contributed by atoms with E-state index in [0.29, 0.717) is 6.61 Å². The maximum absolute atomic E-state index is 5.98. The first-order valence-electron chi connectivity index (χ1n) is 4.96. The van der Waals surface area contributed by atoms with Crippen molar-refractivity contribution < 1.29 is 9.47 Å². The molecule has 78 valence electrons. The minimum absolute atomic E-state index is 0.0793. The lowest BCUT2D eigenvalue weighted by Crippen LogP contribution is -2.58. The van der Waals surface area contributed by atoms with Crippen LogP contribution in [0.15, 0.2) is 0 Å². The summed E-state index contributed by atoms with van der Waals surface area (Å²) in [5.74, 6) is 0. The maximum Gasteiger partial charge on any atom is 0.102 e. The van der Waals surface area contributed by atoms with Crippen molar-refractivity contribution >= 4 is 0 Å². The summed E-state index contributed by atoms with van der Waals surface area (Å²) in [7, 11) is 0. The molecule has 0 radical (unpaired) electrons. The molecular weight excluding hydrogens is 166 g/mol. The van der Waals surface area contributed by atoms with Gasteiger partial charge in [0.2, 0.25) is 0 Å². The van der Waals surface area contributed by atoms with Gasteiger partial charge in [0, 0.05) is 19.7 Å². The minimum atomic E-state index is -0.169. The average molecular weight is 187 g/mol. The summed E-state index contributed by atoms with van der Waals surface area (Å²) in [4.78, 5) is 0. The topological polar surface area (TPSA) is 30.5 Å². The van der Waals surface area contributed by atoms with Crippen LogP contribution in [0.25, 0.3) is 0 Å². The van der Waals surface area contributed by atoms with Gasteiger partial charge in [-0.05, 0) is 27.7 Å². The van der Waals surface area contributed by atoms with Gasteiger partial charge in [0.15, 0.2) is 0 Å². The van der Waals surface area contributed by atoms with Crippen molar-refractivity contribution in [2.75, 3.05) is 26.3 Å². The lowest BCUT2D eigenvalue weighted by molar-refractivity contribution is -0.177. The monoisotopic (exact) mass is 187 g/mol. The molecule has 1 saturated heterocycles. The Morgan fingerprint density at radius 1 is 1.31 bits per heavy atom. The molecule has 0 aromatic carbocycles. The molecule has 0 aromatic rings. The van der Waals surface area contributed by atoms with Crippen molar-refractivity contribution in [2.24, 2.45) is 0 Å². The number of morpholine rings is 1. The van der Waals surface area contributed by atoms with Crippen LogP contribution in [0, 0.1) is 0 Å². The van der Waals surface area contributed by atoms with Crippen LogP contribution in [-0.2, 0) is 9.47 Å². The van der Waals surface area contributed by atoms with Gasteiger partial charge in [0.1, 0.15) is 5.60 Å². The normalized spacial score (nSPS) is 33.2. The smallest absolute Gasteiger partial charge is 0.102 e. The highest BCUT2D eigenvalue weighted by molar-refractivity contribution is 4.89. The third-order valence-corrected chi connectivity index (χ3v) is 2.18. The Hall–Kier alpha value is -0.120. The first-order chi connectivity index (χ1) is 5.97. The minimum Gasteiger partial charge on any atom is -0.379 e. The second kappa shape index (κ2) is 3.95. The van der Waals surface area contributed by atoms with Crippen LogP contribution in [0.4, 0.5) is 0 Å². The highest BCUT2D eigenvalue weighted by Gasteiger charge is 2.37. The van der Waals surface area contributed by atoms with Gasteiger partial charge in [-0.3, -0.25) is 0 Å². The molecule has 0 aromatic heterocycles. The van der Waals surface area contributed by atoms with Crippen LogP contribution >= 0.6 is 0 Å². The molecule has 0 saturated carbocycles. The molecule has 1 aliphatic rings. The summed E-state index contributed by atoms with van der Waals surface area (Å²) < 4.78 is 11.4. The number of nitrogens with one attached hydrogen (secondary N) is 1. The van der Waals surface area contributed by atoms with E-state index in [2.05, 4.69) is 26.1 Å². The molecule has 0 bridgehead atoms. The van der Waals surface area contributed by atoms with Gasteiger partial charge in [-0.15, -0.1) is 0 Å². The summed E-state index contributed by atoms with van der Waals surface area (Å²) in [6.45, 7) is 11.5. The second-order valence-corrected chi connectivity index (χ2v) is 4.55. The highest BCUT2D eigenvalue weighted by atomic mass is 16.6. The molecule has 1 fully saturated rings. The van der Waals surface area contributed by atoms with Crippen molar-refractivity contribution in [3.05, 3.63) is 0 Å². The molecule has 3 heteroatoms. The molecule has 0 spiro atoms. The first kappa shape index (κ1) is 11.0. The summed E-state index contributed by atoms with van der Waals surface area (Å²) in [6, 6.07) is 0. The average Bonchev–Trinajstić information content (AvgIpc) is 1.98. The Kier molecular flexibility index (Phi) is 3.33. The van der Waals surface area contributed by atoms with Gasteiger partial charge < -0.3 is 14.8 Å². The molecule has 1 aliphatic heterocycles. The van der Waals surface area contributed by atoms with Gasteiger partial charge in [0.25, 0.3) is 0 Å². The van der Waals surface area contributed by atoms with E-state index in [1.165, 1.54) is 0 Å². The van der Waals surface area contributed by atoms with E-state index in [-0.39, 0.29) is 11.2 Å². The second-order valence-electron chi connectivity index (χ2n) is 4.55. The quantitative estimate of drug-likeness (QED) is 0.719. The molecule has 1 rings (SSSR count). The maximum atomic E-state index is 5.98. The van der Waals surface area contributed by atoms with E-state index in [0.717, 1.165) is 19.7 Å². The highest BCUT2D eigenvalue weighted by Crippen LogP contribution is 2.23. The third-order valence-electron chi connectivity index (χ3n) is 2.18. The largest absolute Gasteiger partial charge is 0.379 e. The number of hydrogen-bond acceptors (Lipinski definition) is 3. The molecule has 1 unspecified atom stereocenters. The van der Waals surface area contributed by atoms with Crippen LogP contribution in [0.1, 0.15) is 27.7 Å². The van der Waals surface area contributed by atoms with Gasteiger partial charge >= 0.3 is 0 Å². The van der Waals surface area contributed by atoms with E-state index in [9.17, 15) is 0 Å². The van der Waals surface area contributed by atoms with Gasteiger partial charge in [-0.1, -0.05) is 0 Å². The van der Waals surface area contributed by atoms with Crippen molar-refractivity contribution in [1.29, 1.82) is 0 Å². The first-order valence-corrected chi connectivity index (χ1v) is 4.96. The van der Waals surface area contributed by atoms with Gasteiger partial charge in [-0.25, -0.2) is 0 Å². The lowest BCUT2D eigenvalue weighted by Gasteiger charge is -2.43. The zero-order valence-electron chi connectivity index (χ0n) is 9.14. The van der Waals surface area contributed by atoms with Crippen molar-refractivity contribution in [3.8, 4) is 0 Å². The molecular formula is C10H21NO2. The third kappa shape index (κ3) is 3.25. The summed E-state index contributed by atoms with van der Waals surface area (Å²) >= 11 is 0. The molecule has 13 heavy (non-hydrogen) atoms. The van der Waals surface area contributed by atoms with E-state index >= 15 is 0 Å². The summed E-state index contributed by atoms with van der Waals surface area (Å²) in [6.07, 6.45) is 0. The number of ether oxygens (including phenoxy) is 2. The zero-order chi connectivity index (χ0) is 9.95. The van der Waals surface area contributed by atoms with Crippen LogP contribution < -0.4 is 5.32 Å². The summed E-state index contributed by atoms with van der Waals surface area (Å²) in [5, 5.41) is 3.37. The fourth-order valence-corrected chi connectivity index (χ4v) is 1.77. The van der Waals surface area contributed by atoms with E-state index in [1.807, 2.05) is 6.92 Å². The number of hydrogen-bond donors (Lipinski definition) is 1. The van der Waals surface area contributed by atoms with Crippen LogP contribution in [0.2, 0.25) is 0 Å². The molecule has 0 amide bonds. The Bertz CT molecular complexity index is 170. The Labute approximate surface area is 80.8 Å². The summed E-state index contributed by atoms with van der Waals surface area (Å²) in [5.41, 5.74) is -0.248. The van der Waals surface area contributed by atoms with Crippen molar-refractivity contribution in [2.45, 2.75) is 38.9 Å².